The van der Waals surface area contributed by atoms with Gasteiger partial charge in [-0.15, -0.1) is 0 Å². The molecule has 1 heterocycles. The van der Waals surface area contributed by atoms with Gasteiger partial charge >= 0.3 is 0 Å². The number of aliphatic hydroxyl groups is 1. The summed E-state index contributed by atoms with van der Waals surface area (Å²) in [6.45, 7) is 2.41. The first-order valence-corrected chi connectivity index (χ1v) is 8.19. The Bertz CT molecular complexity index is 479. The van der Waals surface area contributed by atoms with Crippen molar-refractivity contribution in [2.45, 2.75) is 50.7 Å². The summed E-state index contributed by atoms with van der Waals surface area (Å²) < 4.78 is 0. The van der Waals surface area contributed by atoms with Crippen molar-refractivity contribution in [1.29, 1.82) is 0 Å². The van der Waals surface area contributed by atoms with Crippen molar-refractivity contribution in [1.82, 2.24) is 4.90 Å². The standard InChI is InChI=1S/C18H25NO2/c20-17-9-12-19(13-15-7-3-1-4-8-15)14-16(17)18(21)10-5-2-6-11-18/h1,3-4,7-8,16,21H,2,5-6,9-14H2. The minimum atomic E-state index is -0.745. The third-order valence-electron chi connectivity index (χ3n) is 5.12. The summed E-state index contributed by atoms with van der Waals surface area (Å²) in [5.41, 5.74) is 0.534. The van der Waals surface area contributed by atoms with Crippen LogP contribution >= 0.6 is 0 Å². The van der Waals surface area contributed by atoms with Crippen molar-refractivity contribution >= 4 is 5.78 Å². The van der Waals surface area contributed by atoms with Crippen LogP contribution in [0.5, 0.6) is 0 Å². The quantitative estimate of drug-likeness (QED) is 0.929. The van der Waals surface area contributed by atoms with Crippen molar-refractivity contribution in [2.24, 2.45) is 5.92 Å². The van der Waals surface area contributed by atoms with E-state index in [0.29, 0.717) is 13.0 Å². The smallest absolute Gasteiger partial charge is 0.141 e. The Balaban J connectivity index is 1.68. The average Bonchev–Trinajstić information content (AvgIpc) is 2.51. The number of hydrogen-bond acceptors (Lipinski definition) is 3. The Kier molecular flexibility index (Phi) is 4.41. The number of rotatable bonds is 3. The van der Waals surface area contributed by atoms with Crippen molar-refractivity contribution in [3.8, 4) is 0 Å². The van der Waals surface area contributed by atoms with Gasteiger partial charge in [0.1, 0.15) is 5.78 Å². The van der Waals surface area contributed by atoms with E-state index in [1.807, 2.05) is 6.07 Å². The highest BCUT2D eigenvalue weighted by atomic mass is 16.3. The van der Waals surface area contributed by atoms with Gasteiger partial charge in [-0.25, -0.2) is 0 Å². The molecule has 1 unspecified atom stereocenters. The van der Waals surface area contributed by atoms with Crippen LogP contribution < -0.4 is 0 Å². The lowest BCUT2D eigenvalue weighted by atomic mass is 9.72. The van der Waals surface area contributed by atoms with Crippen molar-refractivity contribution in [3.05, 3.63) is 35.9 Å². The molecular formula is C18H25NO2. The Labute approximate surface area is 127 Å². The van der Waals surface area contributed by atoms with Crippen LogP contribution in [0, 0.1) is 5.92 Å². The van der Waals surface area contributed by atoms with Gasteiger partial charge in [-0.1, -0.05) is 49.6 Å². The summed E-state index contributed by atoms with van der Waals surface area (Å²) in [7, 11) is 0. The van der Waals surface area contributed by atoms with Gasteiger partial charge in [0.25, 0.3) is 0 Å². The van der Waals surface area contributed by atoms with Gasteiger partial charge in [-0.3, -0.25) is 9.69 Å². The topological polar surface area (TPSA) is 40.5 Å². The van der Waals surface area contributed by atoms with Crippen molar-refractivity contribution < 1.29 is 9.90 Å². The molecule has 0 radical (unpaired) electrons. The number of likely N-dealkylation sites (tertiary alicyclic amines) is 1. The highest BCUT2D eigenvalue weighted by molar-refractivity contribution is 5.83. The number of hydrogen-bond donors (Lipinski definition) is 1. The number of benzene rings is 1. The van der Waals surface area contributed by atoms with E-state index < -0.39 is 5.60 Å². The van der Waals surface area contributed by atoms with Crippen molar-refractivity contribution in [3.63, 3.8) is 0 Å². The second kappa shape index (κ2) is 6.29. The second-order valence-corrected chi connectivity index (χ2v) is 6.65. The van der Waals surface area contributed by atoms with E-state index in [4.69, 9.17) is 0 Å². The number of nitrogens with zero attached hydrogens (tertiary/aromatic N) is 1. The molecule has 1 aliphatic heterocycles. The van der Waals surface area contributed by atoms with Gasteiger partial charge < -0.3 is 5.11 Å². The van der Waals surface area contributed by atoms with Crippen LogP contribution in [0.1, 0.15) is 44.1 Å². The summed E-state index contributed by atoms with van der Waals surface area (Å²) in [6.07, 6.45) is 5.47. The first-order valence-electron chi connectivity index (χ1n) is 8.19. The second-order valence-electron chi connectivity index (χ2n) is 6.65. The molecule has 1 aliphatic carbocycles. The van der Waals surface area contributed by atoms with E-state index in [2.05, 4.69) is 29.2 Å². The predicted octanol–water partition coefficient (Wildman–Crippen LogP) is 2.77. The lowest BCUT2D eigenvalue weighted by molar-refractivity contribution is -0.142. The number of ketones is 1. The van der Waals surface area contributed by atoms with E-state index in [1.165, 1.54) is 12.0 Å². The van der Waals surface area contributed by atoms with E-state index >= 15 is 0 Å². The summed E-state index contributed by atoms with van der Waals surface area (Å²) >= 11 is 0. The fraction of sp³-hybridized carbons (Fsp3) is 0.611. The van der Waals surface area contributed by atoms with Crippen LogP contribution in [0.25, 0.3) is 0 Å². The Hall–Kier alpha value is -1.19. The van der Waals surface area contributed by atoms with Gasteiger partial charge in [0.15, 0.2) is 0 Å². The number of piperidine rings is 1. The zero-order chi connectivity index (χ0) is 14.7. The predicted molar refractivity (Wildman–Crippen MR) is 82.9 cm³/mol. The van der Waals surface area contributed by atoms with E-state index in [0.717, 1.165) is 38.8 Å². The molecule has 1 saturated carbocycles. The molecule has 21 heavy (non-hydrogen) atoms. The van der Waals surface area contributed by atoms with Crippen LogP contribution in [0.2, 0.25) is 0 Å². The highest BCUT2D eigenvalue weighted by Crippen LogP contribution is 2.37. The minimum absolute atomic E-state index is 0.185. The van der Waals surface area contributed by atoms with Crippen LogP contribution in [0.4, 0.5) is 0 Å². The van der Waals surface area contributed by atoms with Gasteiger partial charge in [0.2, 0.25) is 0 Å². The Morgan fingerprint density at radius 3 is 2.57 bits per heavy atom. The summed E-state index contributed by atoms with van der Waals surface area (Å²) in [4.78, 5) is 14.6. The van der Waals surface area contributed by atoms with Gasteiger partial charge in [-0.05, 0) is 18.4 Å². The minimum Gasteiger partial charge on any atom is -0.389 e. The van der Waals surface area contributed by atoms with Crippen LogP contribution in [0.3, 0.4) is 0 Å². The largest absolute Gasteiger partial charge is 0.389 e. The third-order valence-corrected chi connectivity index (χ3v) is 5.12. The molecule has 114 valence electrons. The Morgan fingerprint density at radius 1 is 1.14 bits per heavy atom. The molecule has 0 spiro atoms. The number of carbonyl (C=O) groups is 1. The van der Waals surface area contributed by atoms with E-state index in [9.17, 15) is 9.90 Å². The van der Waals surface area contributed by atoms with Gasteiger partial charge in [-0.2, -0.15) is 0 Å². The molecule has 1 saturated heterocycles. The normalized spacial score (nSPS) is 26.7. The molecule has 2 aliphatic rings. The maximum atomic E-state index is 12.3. The van der Waals surface area contributed by atoms with Crippen LogP contribution in [-0.4, -0.2) is 34.5 Å². The summed E-state index contributed by atoms with van der Waals surface area (Å²) in [5, 5.41) is 10.9. The zero-order valence-electron chi connectivity index (χ0n) is 12.6. The fourth-order valence-corrected chi connectivity index (χ4v) is 3.86. The molecule has 0 amide bonds. The van der Waals surface area contributed by atoms with E-state index in [1.54, 1.807) is 0 Å². The average molecular weight is 287 g/mol. The van der Waals surface area contributed by atoms with Crippen molar-refractivity contribution in [2.75, 3.05) is 13.1 Å². The van der Waals surface area contributed by atoms with Gasteiger partial charge in [0, 0.05) is 26.1 Å². The molecule has 1 N–H and O–H groups in total. The molecule has 1 aromatic rings. The zero-order valence-corrected chi connectivity index (χ0v) is 12.6. The molecule has 0 bridgehead atoms. The summed E-state index contributed by atoms with van der Waals surface area (Å²) in [5.74, 6) is 0.0824. The lowest BCUT2D eigenvalue weighted by Crippen LogP contribution is -2.53. The number of carbonyl (C=O) groups excluding carboxylic acids is 1. The molecule has 1 aromatic carbocycles. The maximum absolute atomic E-state index is 12.3. The number of Topliss-reactive ketones (excluding diaryl/α,β-unsaturated/α-hetero) is 1. The third kappa shape index (κ3) is 3.35. The molecule has 1 atom stereocenters. The Morgan fingerprint density at radius 2 is 1.86 bits per heavy atom. The molecule has 3 nitrogen and oxygen atoms in total. The van der Waals surface area contributed by atoms with E-state index in [-0.39, 0.29) is 11.7 Å². The van der Waals surface area contributed by atoms with Gasteiger partial charge in [0.05, 0.1) is 11.5 Å². The SMILES string of the molecule is O=C1CCN(Cc2ccccc2)CC1C1(O)CCCCC1. The first kappa shape index (κ1) is 14.7. The maximum Gasteiger partial charge on any atom is 0.141 e. The van der Waals surface area contributed by atoms with Crippen LogP contribution in [0.15, 0.2) is 30.3 Å². The van der Waals surface area contributed by atoms with Crippen LogP contribution in [-0.2, 0) is 11.3 Å². The highest BCUT2D eigenvalue weighted by Gasteiger charge is 2.44. The molecular weight excluding hydrogens is 262 g/mol. The monoisotopic (exact) mass is 287 g/mol. The lowest BCUT2D eigenvalue weighted by Gasteiger charge is -2.43. The molecule has 0 aromatic heterocycles. The summed E-state index contributed by atoms with van der Waals surface area (Å²) in [6, 6.07) is 10.4. The molecule has 3 rings (SSSR count). The molecule has 3 heteroatoms. The molecule has 2 fully saturated rings. The first-order chi connectivity index (χ1) is 10.2. The fourth-order valence-electron chi connectivity index (χ4n) is 3.86.